The van der Waals surface area contributed by atoms with E-state index in [-0.39, 0.29) is 24.1 Å². The van der Waals surface area contributed by atoms with Gasteiger partial charge in [0.2, 0.25) is 17.7 Å². The highest BCUT2D eigenvalue weighted by atomic mass is 16.2. The summed E-state index contributed by atoms with van der Waals surface area (Å²) in [4.78, 5) is 40.7. The molecule has 1 aromatic rings. The van der Waals surface area contributed by atoms with Gasteiger partial charge in [0.05, 0.1) is 0 Å². The van der Waals surface area contributed by atoms with Gasteiger partial charge in [-0.2, -0.15) is 0 Å². The van der Waals surface area contributed by atoms with Gasteiger partial charge >= 0.3 is 0 Å². The fourth-order valence-corrected chi connectivity index (χ4v) is 2.83. The Kier molecular flexibility index (Phi) is 5.95. The minimum absolute atomic E-state index is 0.0246. The summed E-state index contributed by atoms with van der Waals surface area (Å²) < 4.78 is 0. The van der Waals surface area contributed by atoms with Crippen LogP contribution in [0.3, 0.4) is 0 Å². The molecule has 1 aromatic carbocycles. The molecule has 1 saturated heterocycles. The van der Waals surface area contributed by atoms with E-state index in [9.17, 15) is 14.4 Å². The van der Waals surface area contributed by atoms with Crippen molar-refractivity contribution in [2.24, 2.45) is 0 Å². The van der Waals surface area contributed by atoms with E-state index in [2.05, 4.69) is 0 Å². The molecule has 0 atom stereocenters. The molecule has 0 bridgehead atoms. The van der Waals surface area contributed by atoms with Gasteiger partial charge in [-0.1, -0.05) is 17.7 Å². The average molecular weight is 331 g/mol. The summed E-state index contributed by atoms with van der Waals surface area (Å²) in [6.45, 7) is 7.69. The van der Waals surface area contributed by atoms with E-state index >= 15 is 0 Å². The highest BCUT2D eigenvalue weighted by molar-refractivity contribution is 5.92. The molecule has 1 heterocycles. The summed E-state index contributed by atoms with van der Waals surface area (Å²) >= 11 is 0. The number of nitrogens with zero attached hydrogens (tertiary/aromatic N) is 3. The Balaban J connectivity index is 1.90. The zero-order valence-electron chi connectivity index (χ0n) is 14.6. The van der Waals surface area contributed by atoms with Crippen molar-refractivity contribution in [2.45, 2.75) is 27.2 Å². The maximum atomic E-state index is 12.4. The van der Waals surface area contributed by atoms with Crippen LogP contribution in [-0.4, -0.2) is 60.2 Å². The number of aryl methyl sites for hydroxylation is 1. The van der Waals surface area contributed by atoms with Gasteiger partial charge in [-0.15, -0.1) is 0 Å². The number of anilines is 1. The van der Waals surface area contributed by atoms with E-state index in [1.807, 2.05) is 31.2 Å². The second-order valence-corrected chi connectivity index (χ2v) is 6.14. The highest BCUT2D eigenvalue weighted by Gasteiger charge is 2.23. The van der Waals surface area contributed by atoms with Gasteiger partial charge in [0.1, 0.15) is 0 Å². The highest BCUT2D eigenvalue weighted by Crippen LogP contribution is 2.16. The molecule has 6 nitrogen and oxygen atoms in total. The summed E-state index contributed by atoms with van der Waals surface area (Å²) in [6.07, 6.45) is 0.285. The molecule has 130 valence electrons. The molecule has 0 radical (unpaired) electrons. The second-order valence-electron chi connectivity index (χ2n) is 6.14. The number of carbonyl (C=O) groups excluding carboxylic acids is 3. The number of rotatable bonds is 4. The summed E-state index contributed by atoms with van der Waals surface area (Å²) in [6, 6.07) is 7.70. The molecular weight excluding hydrogens is 306 g/mol. The van der Waals surface area contributed by atoms with E-state index in [0.717, 1.165) is 11.3 Å². The number of hydrogen-bond donors (Lipinski definition) is 0. The number of benzene rings is 1. The van der Waals surface area contributed by atoms with Crippen LogP contribution in [-0.2, 0) is 14.4 Å². The van der Waals surface area contributed by atoms with E-state index < -0.39 is 0 Å². The summed E-state index contributed by atoms with van der Waals surface area (Å²) in [5.41, 5.74) is 1.93. The Morgan fingerprint density at radius 1 is 0.958 bits per heavy atom. The number of piperazine rings is 1. The van der Waals surface area contributed by atoms with Crippen LogP contribution in [0.4, 0.5) is 5.69 Å². The predicted octanol–water partition coefficient (Wildman–Crippen LogP) is 1.43. The van der Waals surface area contributed by atoms with Crippen molar-refractivity contribution in [1.29, 1.82) is 0 Å². The quantitative estimate of drug-likeness (QED) is 0.838. The first-order valence-corrected chi connectivity index (χ1v) is 8.26. The molecule has 0 spiro atoms. The SMILES string of the molecule is CC(=O)N1CCN(C(=O)CCN(C(C)=O)c2ccc(C)cc2)CC1. The molecule has 0 saturated carbocycles. The van der Waals surface area contributed by atoms with E-state index in [0.29, 0.717) is 32.7 Å². The maximum absolute atomic E-state index is 12.4. The molecule has 24 heavy (non-hydrogen) atoms. The number of carbonyl (C=O) groups is 3. The number of amides is 3. The van der Waals surface area contributed by atoms with Crippen molar-refractivity contribution in [3.8, 4) is 0 Å². The molecule has 0 unspecified atom stereocenters. The standard InChI is InChI=1S/C18H25N3O3/c1-14-4-6-17(7-5-14)21(16(3)23)9-8-18(24)20-12-10-19(11-13-20)15(2)22/h4-7H,8-13H2,1-3H3. The molecule has 6 heteroatoms. The summed E-state index contributed by atoms with van der Waals surface area (Å²) in [5, 5.41) is 0. The Hall–Kier alpha value is -2.37. The van der Waals surface area contributed by atoms with Crippen molar-refractivity contribution in [3.05, 3.63) is 29.8 Å². The lowest BCUT2D eigenvalue weighted by molar-refractivity contribution is -0.138. The Labute approximate surface area is 143 Å². The molecule has 0 aliphatic carbocycles. The van der Waals surface area contributed by atoms with Gasteiger partial charge in [0.25, 0.3) is 0 Å². The van der Waals surface area contributed by atoms with Crippen LogP contribution in [0.1, 0.15) is 25.8 Å². The normalized spacial score (nSPS) is 14.5. The van der Waals surface area contributed by atoms with Crippen LogP contribution in [0.5, 0.6) is 0 Å². The van der Waals surface area contributed by atoms with Crippen LogP contribution >= 0.6 is 0 Å². The smallest absolute Gasteiger partial charge is 0.224 e. The van der Waals surface area contributed by atoms with Crippen molar-refractivity contribution in [1.82, 2.24) is 9.80 Å². The molecule has 0 N–H and O–H groups in total. The lowest BCUT2D eigenvalue weighted by atomic mass is 10.2. The summed E-state index contributed by atoms with van der Waals surface area (Å²) in [7, 11) is 0. The predicted molar refractivity (Wildman–Crippen MR) is 92.7 cm³/mol. The fraction of sp³-hybridized carbons (Fsp3) is 0.500. The van der Waals surface area contributed by atoms with Crippen molar-refractivity contribution < 1.29 is 14.4 Å². The minimum Gasteiger partial charge on any atom is -0.339 e. The average Bonchev–Trinajstić information content (AvgIpc) is 2.56. The third kappa shape index (κ3) is 4.57. The van der Waals surface area contributed by atoms with Crippen molar-refractivity contribution in [2.75, 3.05) is 37.6 Å². The fourth-order valence-electron chi connectivity index (χ4n) is 2.83. The van der Waals surface area contributed by atoms with Crippen LogP contribution in [0.25, 0.3) is 0 Å². The monoisotopic (exact) mass is 331 g/mol. The van der Waals surface area contributed by atoms with Crippen LogP contribution in [0.2, 0.25) is 0 Å². The summed E-state index contributed by atoms with van der Waals surface area (Å²) in [5.74, 6) is -0.00570. The first kappa shape index (κ1) is 18.0. The molecule has 1 aliphatic heterocycles. The lowest BCUT2D eigenvalue weighted by Crippen LogP contribution is -2.50. The van der Waals surface area contributed by atoms with Gasteiger partial charge < -0.3 is 14.7 Å². The van der Waals surface area contributed by atoms with E-state index in [1.54, 1.807) is 21.6 Å². The van der Waals surface area contributed by atoms with Crippen LogP contribution < -0.4 is 4.90 Å². The topological polar surface area (TPSA) is 60.9 Å². The molecule has 2 rings (SSSR count). The lowest BCUT2D eigenvalue weighted by Gasteiger charge is -2.34. The second kappa shape index (κ2) is 7.95. The third-order valence-electron chi connectivity index (χ3n) is 4.35. The van der Waals surface area contributed by atoms with Gasteiger partial charge in [0, 0.05) is 58.7 Å². The molecule has 3 amide bonds. The molecule has 1 fully saturated rings. The van der Waals surface area contributed by atoms with E-state index in [4.69, 9.17) is 0 Å². The molecule has 0 aromatic heterocycles. The van der Waals surface area contributed by atoms with Crippen LogP contribution in [0, 0.1) is 6.92 Å². The maximum Gasteiger partial charge on any atom is 0.224 e. The Morgan fingerprint density at radius 2 is 1.50 bits per heavy atom. The zero-order valence-corrected chi connectivity index (χ0v) is 14.6. The van der Waals surface area contributed by atoms with Crippen molar-refractivity contribution >= 4 is 23.4 Å². The molecule has 1 aliphatic rings. The minimum atomic E-state index is -0.0759. The first-order valence-electron chi connectivity index (χ1n) is 8.26. The zero-order chi connectivity index (χ0) is 17.7. The van der Waals surface area contributed by atoms with Crippen molar-refractivity contribution in [3.63, 3.8) is 0 Å². The molecular formula is C18H25N3O3. The van der Waals surface area contributed by atoms with Crippen LogP contribution in [0.15, 0.2) is 24.3 Å². The van der Waals surface area contributed by atoms with E-state index in [1.165, 1.54) is 6.92 Å². The van der Waals surface area contributed by atoms with Gasteiger partial charge in [-0.3, -0.25) is 14.4 Å². The Morgan fingerprint density at radius 3 is 2.00 bits per heavy atom. The first-order chi connectivity index (χ1) is 11.4. The Bertz CT molecular complexity index is 604. The van der Waals surface area contributed by atoms with Gasteiger partial charge in [-0.05, 0) is 19.1 Å². The van der Waals surface area contributed by atoms with Gasteiger partial charge in [-0.25, -0.2) is 0 Å². The van der Waals surface area contributed by atoms with Gasteiger partial charge in [0.15, 0.2) is 0 Å². The number of hydrogen-bond acceptors (Lipinski definition) is 3. The third-order valence-corrected chi connectivity index (χ3v) is 4.35. The largest absolute Gasteiger partial charge is 0.339 e.